The Morgan fingerprint density at radius 3 is 2.60 bits per heavy atom. The van der Waals surface area contributed by atoms with E-state index in [1.54, 1.807) is 48.5 Å². The number of Topliss-reactive ketones (excluding diaryl/α,β-unsaturated/α-hetero) is 1. The van der Waals surface area contributed by atoms with Gasteiger partial charge in [-0.05, 0) is 63.1 Å². The zero-order valence-electron chi connectivity index (χ0n) is 19.5. The number of benzene rings is 2. The standard InChI is InChI=1S/C27H25N3O4S/c1-17-12-23(18(2)30(17)21-10-11-21)24(31)15-34-27(33)22-8-3-4-9-25(22)35-16-26(32)29-20-7-5-6-19(13-20)14-28/h3-9,12-13,21H,10-11,15-16H2,1-2H3,(H,29,32). The Hall–Kier alpha value is -3.83. The molecule has 0 radical (unpaired) electrons. The summed E-state index contributed by atoms with van der Waals surface area (Å²) >= 11 is 1.20. The number of nitrogens with one attached hydrogen (secondary N) is 1. The molecule has 7 nitrogen and oxygen atoms in total. The fourth-order valence-electron chi connectivity index (χ4n) is 4.01. The van der Waals surface area contributed by atoms with Crippen molar-refractivity contribution in [3.63, 3.8) is 0 Å². The second kappa shape index (κ2) is 10.6. The van der Waals surface area contributed by atoms with Gasteiger partial charge in [-0.2, -0.15) is 5.26 Å². The summed E-state index contributed by atoms with van der Waals surface area (Å²) in [6, 6.07) is 17.8. The van der Waals surface area contributed by atoms with Gasteiger partial charge in [0.25, 0.3) is 0 Å². The molecule has 4 rings (SSSR count). The van der Waals surface area contributed by atoms with E-state index in [4.69, 9.17) is 10.00 Å². The summed E-state index contributed by atoms with van der Waals surface area (Å²) in [4.78, 5) is 38.5. The molecule has 0 unspecified atom stereocenters. The molecule has 1 aromatic heterocycles. The fraction of sp³-hybridized carbons (Fsp3) is 0.259. The molecule has 35 heavy (non-hydrogen) atoms. The van der Waals surface area contributed by atoms with Crippen molar-refractivity contribution in [2.24, 2.45) is 0 Å². The van der Waals surface area contributed by atoms with E-state index < -0.39 is 5.97 Å². The third kappa shape index (κ3) is 5.81. The summed E-state index contributed by atoms with van der Waals surface area (Å²) in [7, 11) is 0. The number of carbonyl (C=O) groups is 3. The van der Waals surface area contributed by atoms with E-state index in [1.807, 2.05) is 26.0 Å². The van der Waals surface area contributed by atoms with Crippen LogP contribution in [0.4, 0.5) is 5.69 Å². The van der Waals surface area contributed by atoms with Crippen LogP contribution in [0.5, 0.6) is 0 Å². The largest absolute Gasteiger partial charge is 0.454 e. The minimum Gasteiger partial charge on any atom is -0.454 e. The number of nitriles is 1. The van der Waals surface area contributed by atoms with E-state index in [-0.39, 0.29) is 24.1 Å². The molecule has 0 aliphatic heterocycles. The molecule has 1 amide bonds. The zero-order valence-corrected chi connectivity index (χ0v) is 20.4. The lowest BCUT2D eigenvalue weighted by Gasteiger charge is -2.10. The Morgan fingerprint density at radius 1 is 1.09 bits per heavy atom. The third-order valence-electron chi connectivity index (χ3n) is 5.77. The maximum absolute atomic E-state index is 12.8. The molecule has 0 bridgehead atoms. The summed E-state index contributed by atoms with van der Waals surface area (Å²) in [6.07, 6.45) is 2.25. The van der Waals surface area contributed by atoms with Crippen LogP contribution in [0.1, 0.15) is 56.6 Å². The van der Waals surface area contributed by atoms with Gasteiger partial charge in [-0.3, -0.25) is 9.59 Å². The topological polar surface area (TPSA) is 101 Å². The molecule has 0 spiro atoms. The van der Waals surface area contributed by atoms with Crippen LogP contribution in [0.15, 0.2) is 59.5 Å². The van der Waals surface area contributed by atoms with E-state index >= 15 is 0 Å². The van der Waals surface area contributed by atoms with Crippen LogP contribution < -0.4 is 5.32 Å². The van der Waals surface area contributed by atoms with Crippen molar-refractivity contribution in [1.82, 2.24) is 4.57 Å². The summed E-state index contributed by atoms with van der Waals surface area (Å²) in [5, 5.41) is 11.7. The quantitative estimate of drug-likeness (QED) is 0.257. The average Bonchev–Trinajstić information content (AvgIpc) is 3.65. The van der Waals surface area contributed by atoms with Crippen molar-refractivity contribution >= 4 is 35.1 Å². The van der Waals surface area contributed by atoms with Crippen LogP contribution in [0.25, 0.3) is 0 Å². The number of aryl methyl sites for hydroxylation is 1. The molecular formula is C27H25N3O4S. The van der Waals surface area contributed by atoms with Crippen LogP contribution in [-0.2, 0) is 9.53 Å². The first-order chi connectivity index (χ1) is 16.9. The monoisotopic (exact) mass is 487 g/mol. The number of ketones is 1. The van der Waals surface area contributed by atoms with Gasteiger partial charge in [0.15, 0.2) is 6.61 Å². The Morgan fingerprint density at radius 2 is 1.86 bits per heavy atom. The van der Waals surface area contributed by atoms with Crippen LogP contribution in [0, 0.1) is 25.2 Å². The van der Waals surface area contributed by atoms with E-state index in [2.05, 4.69) is 9.88 Å². The van der Waals surface area contributed by atoms with Gasteiger partial charge in [-0.1, -0.05) is 18.2 Å². The smallest absolute Gasteiger partial charge is 0.339 e. The lowest BCUT2D eigenvalue weighted by molar-refractivity contribution is -0.113. The zero-order chi connectivity index (χ0) is 24.9. The van der Waals surface area contributed by atoms with Crippen molar-refractivity contribution in [2.45, 2.75) is 37.6 Å². The minimum atomic E-state index is -0.611. The van der Waals surface area contributed by atoms with Gasteiger partial charge < -0.3 is 14.6 Å². The molecular weight excluding hydrogens is 462 g/mol. The Labute approximate surface area is 208 Å². The van der Waals surface area contributed by atoms with Crippen LogP contribution >= 0.6 is 11.8 Å². The average molecular weight is 488 g/mol. The minimum absolute atomic E-state index is 0.0627. The second-order valence-electron chi connectivity index (χ2n) is 8.41. The number of esters is 1. The van der Waals surface area contributed by atoms with E-state index in [1.165, 1.54) is 11.8 Å². The number of ether oxygens (including phenoxy) is 1. The number of nitrogens with zero attached hydrogens (tertiary/aromatic N) is 2. The highest BCUT2D eigenvalue weighted by Gasteiger charge is 2.28. The van der Waals surface area contributed by atoms with Crippen molar-refractivity contribution in [3.05, 3.63) is 82.7 Å². The normalized spacial score (nSPS) is 12.6. The molecule has 1 heterocycles. The summed E-state index contributed by atoms with van der Waals surface area (Å²) in [6.45, 7) is 3.56. The Bertz CT molecular complexity index is 1330. The van der Waals surface area contributed by atoms with Gasteiger partial charge in [0, 0.05) is 33.6 Å². The molecule has 1 aliphatic rings. The lowest BCUT2D eigenvalue weighted by Crippen LogP contribution is -2.16. The number of aromatic nitrogens is 1. The van der Waals surface area contributed by atoms with Gasteiger partial charge in [0.2, 0.25) is 11.7 Å². The lowest BCUT2D eigenvalue weighted by atomic mass is 10.1. The SMILES string of the molecule is Cc1cc(C(=O)COC(=O)c2ccccc2SCC(=O)Nc2cccc(C#N)c2)c(C)n1C1CC1. The molecule has 0 atom stereocenters. The van der Waals surface area contributed by atoms with Crippen LogP contribution in [-0.4, -0.2) is 34.6 Å². The van der Waals surface area contributed by atoms with Crippen molar-refractivity contribution in [2.75, 3.05) is 17.7 Å². The number of carbonyl (C=O) groups excluding carboxylic acids is 3. The maximum Gasteiger partial charge on any atom is 0.339 e. The molecule has 1 saturated carbocycles. The highest BCUT2D eigenvalue weighted by atomic mass is 32.2. The van der Waals surface area contributed by atoms with Gasteiger partial charge in [0.05, 0.1) is 22.9 Å². The predicted octanol–water partition coefficient (Wildman–Crippen LogP) is 5.08. The van der Waals surface area contributed by atoms with Gasteiger partial charge >= 0.3 is 5.97 Å². The second-order valence-corrected chi connectivity index (χ2v) is 9.43. The highest BCUT2D eigenvalue weighted by molar-refractivity contribution is 8.00. The van der Waals surface area contributed by atoms with Crippen molar-refractivity contribution in [1.29, 1.82) is 5.26 Å². The number of amides is 1. The number of hydrogen-bond acceptors (Lipinski definition) is 6. The van der Waals surface area contributed by atoms with E-state index in [9.17, 15) is 14.4 Å². The van der Waals surface area contributed by atoms with Gasteiger partial charge in [-0.15, -0.1) is 11.8 Å². The molecule has 1 N–H and O–H groups in total. The summed E-state index contributed by atoms with van der Waals surface area (Å²) in [5.74, 6) is -1.05. The van der Waals surface area contributed by atoms with Gasteiger partial charge in [-0.25, -0.2) is 4.79 Å². The van der Waals surface area contributed by atoms with E-state index in [0.29, 0.717) is 33.3 Å². The molecule has 0 saturated heterocycles. The summed E-state index contributed by atoms with van der Waals surface area (Å²) in [5.41, 5.74) is 3.82. The Kier molecular flexibility index (Phi) is 7.37. The number of hydrogen-bond donors (Lipinski definition) is 1. The first-order valence-electron chi connectivity index (χ1n) is 11.3. The molecule has 8 heteroatoms. The summed E-state index contributed by atoms with van der Waals surface area (Å²) < 4.78 is 7.53. The van der Waals surface area contributed by atoms with Crippen molar-refractivity contribution < 1.29 is 19.1 Å². The van der Waals surface area contributed by atoms with Crippen molar-refractivity contribution in [3.8, 4) is 6.07 Å². The van der Waals surface area contributed by atoms with Crippen LogP contribution in [0.2, 0.25) is 0 Å². The molecule has 3 aromatic rings. The maximum atomic E-state index is 12.8. The molecule has 1 aliphatic carbocycles. The van der Waals surface area contributed by atoms with E-state index in [0.717, 1.165) is 24.2 Å². The molecule has 2 aromatic carbocycles. The number of thioether (sulfide) groups is 1. The molecule has 1 fully saturated rings. The number of rotatable bonds is 9. The molecule has 178 valence electrons. The fourth-order valence-corrected chi connectivity index (χ4v) is 4.85. The highest BCUT2D eigenvalue weighted by Crippen LogP contribution is 2.38. The first kappa shape index (κ1) is 24.3. The third-order valence-corrected chi connectivity index (χ3v) is 6.85. The van der Waals surface area contributed by atoms with Crippen LogP contribution in [0.3, 0.4) is 0 Å². The predicted molar refractivity (Wildman–Crippen MR) is 134 cm³/mol. The first-order valence-corrected chi connectivity index (χ1v) is 12.3. The van der Waals surface area contributed by atoms with Gasteiger partial charge in [0.1, 0.15) is 0 Å². The Balaban J connectivity index is 1.35. The number of anilines is 1.